The molecule has 2 aromatic carbocycles. The molecule has 0 saturated carbocycles. The SMILES string of the molecule is COCCOc1cccc(NC(=O)c2cc(-c3ccc(C)cc3)no2)c1. The Morgan fingerprint density at radius 3 is 2.69 bits per heavy atom. The molecule has 0 unspecified atom stereocenters. The number of carbonyl (C=O) groups excluding carboxylic acids is 1. The van der Waals surface area contributed by atoms with Gasteiger partial charge < -0.3 is 19.3 Å². The van der Waals surface area contributed by atoms with Gasteiger partial charge in [0.2, 0.25) is 5.76 Å². The Morgan fingerprint density at radius 2 is 1.92 bits per heavy atom. The van der Waals surface area contributed by atoms with Crippen molar-refractivity contribution >= 4 is 11.6 Å². The molecule has 1 N–H and O–H groups in total. The fourth-order valence-corrected chi connectivity index (χ4v) is 2.34. The number of amides is 1. The Morgan fingerprint density at radius 1 is 1.12 bits per heavy atom. The molecule has 1 amide bonds. The number of methoxy groups -OCH3 is 1. The van der Waals surface area contributed by atoms with Gasteiger partial charge in [-0.2, -0.15) is 0 Å². The zero-order chi connectivity index (χ0) is 18.4. The molecule has 0 aliphatic rings. The zero-order valence-corrected chi connectivity index (χ0v) is 14.7. The summed E-state index contributed by atoms with van der Waals surface area (Å²) in [6, 6.07) is 16.6. The lowest BCUT2D eigenvalue weighted by atomic mass is 10.1. The Balaban J connectivity index is 1.67. The molecule has 0 bridgehead atoms. The van der Waals surface area contributed by atoms with E-state index in [-0.39, 0.29) is 11.7 Å². The molecule has 134 valence electrons. The summed E-state index contributed by atoms with van der Waals surface area (Å²) in [7, 11) is 1.61. The lowest BCUT2D eigenvalue weighted by Crippen LogP contribution is -2.11. The van der Waals surface area contributed by atoms with Crippen LogP contribution in [0.5, 0.6) is 5.75 Å². The first-order valence-corrected chi connectivity index (χ1v) is 8.22. The molecule has 3 rings (SSSR count). The van der Waals surface area contributed by atoms with Crippen molar-refractivity contribution < 1.29 is 18.8 Å². The van der Waals surface area contributed by atoms with Crippen molar-refractivity contribution in [1.82, 2.24) is 5.16 Å². The number of benzene rings is 2. The van der Waals surface area contributed by atoms with Crippen LogP contribution < -0.4 is 10.1 Å². The van der Waals surface area contributed by atoms with E-state index in [0.29, 0.717) is 30.3 Å². The number of hydrogen-bond acceptors (Lipinski definition) is 5. The van der Waals surface area contributed by atoms with Gasteiger partial charge in [-0.3, -0.25) is 4.79 Å². The van der Waals surface area contributed by atoms with Crippen molar-refractivity contribution in [3.05, 3.63) is 65.9 Å². The standard InChI is InChI=1S/C20H20N2O4/c1-14-6-8-15(9-7-14)18-13-19(26-22-18)20(23)21-16-4-3-5-17(12-16)25-11-10-24-2/h3-9,12-13H,10-11H2,1-2H3,(H,21,23). The summed E-state index contributed by atoms with van der Waals surface area (Å²) in [5, 5.41) is 6.75. The number of hydrogen-bond donors (Lipinski definition) is 1. The van der Waals surface area contributed by atoms with E-state index in [9.17, 15) is 4.79 Å². The van der Waals surface area contributed by atoms with Gasteiger partial charge >= 0.3 is 0 Å². The number of rotatable bonds is 7. The van der Waals surface area contributed by atoms with Crippen molar-refractivity contribution in [3.8, 4) is 17.0 Å². The highest BCUT2D eigenvalue weighted by Gasteiger charge is 2.14. The molecule has 3 aromatic rings. The quantitative estimate of drug-likeness (QED) is 0.652. The van der Waals surface area contributed by atoms with E-state index in [4.69, 9.17) is 14.0 Å². The van der Waals surface area contributed by atoms with Crippen molar-refractivity contribution in [1.29, 1.82) is 0 Å². The highest BCUT2D eigenvalue weighted by Crippen LogP contribution is 2.21. The van der Waals surface area contributed by atoms with E-state index in [1.165, 1.54) is 0 Å². The minimum absolute atomic E-state index is 0.145. The van der Waals surface area contributed by atoms with Crippen LogP contribution in [0.3, 0.4) is 0 Å². The van der Waals surface area contributed by atoms with Crippen LogP contribution in [-0.2, 0) is 4.74 Å². The zero-order valence-electron chi connectivity index (χ0n) is 14.7. The number of carbonyl (C=O) groups is 1. The fraction of sp³-hybridized carbons (Fsp3) is 0.200. The smallest absolute Gasteiger partial charge is 0.294 e. The van der Waals surface area contributed by atoms with Crippen LogP contribution in [0.15, 0.2) is 59.1 Å². The summed E-state index contributed by atoms with van der Waals surface area (Å²) in [5.74, 6) is 0.425. The molecule has 0 aliphatic carbocycles. The molecule has 26 heavy (non-hydrogen) atoms. The molecular weight excluding hydrogens is 332 g/mol. The van der Waals surface area contributed by atoms with Gasteiger partial charge in [0, 0.05) is 30.5 Å². The van der Waals surface area contributed by atoms with Crippen LogP contribution in [0.1, 0.15) is 16.1 Å². The van der Waals surface area contributed by atoms with E-state index >= 15 is 0 Å². The first-order valence-electron chi connectivity index (χ1n) is 8.22. The summed E-state index contributed by atoms with van der Waals surface area (Å²) < 4.78 is 15.7. The molecule has 0 fully saturated rings. The van der Waals surface area contributed by atoms with Gasteiger partial charge in [0.05, 0.1) is 6.61 Å². The van der Waals surface area contributed by atoms with Gasteiger partial charge in [-0.25, -0.2) is 0 Å². The minimum atomic E-state index is -0.370. The largest absolute Gasteiger partial charge is 0.491 e. The third-order valence-electron chi connectivity index (χ3n) is 3.73. The third kappa shape index (κ3) is 4.49. The van der Waals surface area contributed by atoms with E-state index in [1.807, 2.05) is 37.3 Å². The van der Waals surface area contributed by atoms with Crippen LogP contribution in [0, 0.1) is 6.92 Å². The van der Waals surface area contributed by atoms with Gasteiger partial charge in [-0.1, -0.05) is 41.1 Å². The van der Waals surface area contributed by atoms with E-state index in [2.05, 4.69) is 10.5 Å². The minimum Gasteiger partial charge on any atom is -0.491 e. The number of nitrogens with zero attached hydrogens (tertiary/aromatic N) is 1. The van der Waals surface area contributed by atoms with E-state index in [0.717, 1.165) is 11.1 Å². The Bertz CT molecular complexity index is 872. The lowest BCUT2D eigenvalue weighted by molar-refractivity contribution is 0.0988. The van der Waals surface area contributed by atoms with Crippen molar-refractivity contribution in [2.45, 2.75) is 6.92 Å². The first kappa shape index (κ1) is 17.7. The number of nitrogens with one attached hydrogen (secondary N) is 1. The van der Waals surface area contributed by atoms with Gasteiger partial charge in [0.1, 0.15) is 18.1 Å². The Labute approximate surface area is 151 Å². The first-order chi connectivity index (χ1) is 12.7. The predicted molar refractivity (Wildman–Crippen MR) is 98.4 cm³/mol. The third-order valence-corrected chi connectivity index (χ3v) is 3.73. The molecule has 1 heterocycles. The molecule has 0 atom stereocenters. The van der Waals surface area contributed by atoms with Crippen molar-refractivity contribution in [3.63, 3.8) is 0 Å². The average Bonchev–Trinajstić information content (AvgIpc) is 3.13. The average molecular weight is 352 g/mol. The summed E-state index contributed by atoms with van der Waals surface area (Å²) in [5.41, 5.74) is 3.28. The topological polar surface area (TPSA) is 73.6 Å². The van der Waals surface area contributed by atoms with Crippen LogP contribution in [-0.4, -0.2) is 31.4 Å². The van der Waals surface area contributed by atoms with Crippen molar-refractivity contribution in [2.75, 3.05) is 25.6 Å². The molecule has 0 aliphatic heterocycles. The van der Waals surface area contributed by atoms with Gasteiger partial charge in [0.15, 0.2) is 0 Å². The van der Waals surface area contributed by atoms with Gasteiger partial charge in [-0.05, 0) is 19.1 Å². The molecule has 1 aromatic heterocycles. The summed E-state index contributed by atoms with van der Waals surface area (Å²) >= 11 is 0. The second kappa shape index (κ2) is 8.31. The normalized spacial score (nSPS) is 10.5. The molecule has 6 nitrogen and oxygen atoms in total. The summed E-state index contributed by atoms with van der Waals surface area (Å²) in [6.07, 6.45) is 0. The number of anilines is 1. The summed E-state index contributed by atoms with van der Waals surface area (Å²) in [4.78, 5) is 12.4. The van der Waals surface area contributed by atoms with Crippen LogP contribution >= 0.6 is 0 Å². The highest BCUT2D eigenvalue weighted by molar-refractivity contribution is 6.02. The number of aryl methyl sites for hydroxylation is 1. The fourth-order valence-electron chi connectivity index (χ4n) is 2.34. The molecule has 0 spiro atoms. The maximum Gasteiger partial charge on any atom is 0.294 e. The molecule has 6 heteroatoms. The van der Waals surface area contributed by atoms with Gasteiger partial charge in [0.25, 0.3) is 5.91 Å². The molecule has 0 saturated heterocycles. The maximum atomic E-state index is 12.4. The predicted octanol–water partition coefficient (Wildman–Crippen LogP) is 3.93. The molecular formula is C20H20N2O4. The molecule has 0 radical (unpaired) electrons. The highest BCUT2D eigenvalue weighted by atomic mass is 16.5. The van der Waals surface area contributed by atoms with Crippen molar-refractivity contribution in [2.24, 2.45) is 0 Å². The van der Waals surface area contributed by atoms with Crippen LogP contribution in [0.2, 0.25) is 0 Å². The second-order valence-electron chi connectivity index (χ2n) is 5.77. The monoisotopic (exact) mass is 352 g/mol. The van der Waals surface area contributed by atoms with E-state index in [1.54, 1.807) is 31.4 Å². The van der Waals surface area contributed by atoms with E-state index < -0.39 is 0 Å². The van der Waals surface area contributed by atoms with Crippen LogP contribution in [0.25, 0.3) is 11.3 Å². The van der Waals surface area contributed by atoms with Crippen LogP contribution in [0.4, 0.5) is 5.69 Å². The Hall–Kier alpha value is -3.12. The number of ether oxygens (including phenoxy) is 2. The Kier molecular flexibility index (Phi) is 5.66. The lowest BCUT2D eigenvalue weighted by Gasteiger charge is -2.08. The number of aromatic nitrogens is 1. The summed E-state index contributed by atoms with van der Waals surface area (Å²) in [6.45, 7) is 2.95. The second-order valence-corrected chi connectivity index (χ2v) is 5.77. The maximum absolute atomic E-state index is 12.4. The van der Waals surface area contributed by atoms with Gasteiger partial charge in [-0.15, -0.1) is 0 Å².